The molecule has 5 nitrogen and oxygen atoms in total. The Hall–Kier alpha value is -2.50. The zero-order valence-corrected chi connectivity index (χ0v) is 11.0. The maximum Gasteiger partial charge on any atom is 0.328 e. The fourth-order valence-electron chi connectivity index (χ4n) is 2.60. The quantitative estimate of drug-likeness (QED) is 0.672. The van der Waals surface area contributed by atoms with Gasteiger partial charge >= 0.3 is 5.97 Å². The first-order valence-corrected chi connectivity index (χ1v) is 6.52. The van der Waals surface area contributed by atoms with Crippen LogP contribution in [0.5, 0.6) is 0 Å². The number of imide groups is 1. The highest BCUT2D eigenvalue weighted by molar-refractivity contribution is 6.08. The smallest absolute Gasteiger partial charge is 0.328 e. The van der Waals surface area contributed by atoms with E-state index in [4.69, 9.17) is 5.11 Å². The van der Waals surface area contributed by atoms with Crippen LogP contribution in [0.15, 0.2) is 24.3 Å². The number of carbonyl (C=O) groups is 3. The number of amides is 2. The maximum absolute atomic E-state index is 13.3. The Morgan fingerprint density at radius 1 is 1.33 bits per heavy atom. The van der Waals surface area contributed by atoms with Gasteiger partial charge in [0.15, 0.2) is 0 Å². The Morgan fingerprint density at radius 2 is 2.00 bits per heavy atom. The van der Waals surface area contributed by atoms with Crippen LogP contribution in [0.3, 0.4) is 0 Å². The fourth-order valence-corrected chi connectivity index (χ4v) is 2.60. The van der Waals surface area contributed by atoms with Crippen molar-refractivity contribution in [3.63, 3.8) is 0 Å². The molecule has 1 aliphatic heterocycles. The van der Waals surface area contributed by atoms with Gasteiger partial charge in [-0.15, -0.1) is 0 Å². The molecule has 2 fully saturated rings. The molecular formula is C15H12FNO4. The predicted molar refractivity (Wildman–Crippen MR) is 70.2 cm³/mol. The molecule has 1 saturated heterocycles. The summed E-state index contributed by atoms with van der Waals surface area (Å²) in [6.45, 7) is 0.0459. The number of benzene rings is 1. The van der Waals surface area contributed by atoms with Gasteiger partial charge in [0.25, 0.3) is 0 Å². The van der Waals surface area contributed by atoms with Gasteiger partial charge in [-0.05, 0) is 35.8 Å². The van der Waals surface area contributed by atoms with E-state index in [1.54, 1.807) is 0 Å². The number of carboxylic acid groups (broad SMARTS) is 1. The second-order valence-corrected chi connectivity index (χ2v) is 5.23. The lowest BCUT2D eigenvalue weighted by molar-refractivity contribution is -0.142. The van der Waals surface area contributed by atoms with Crippen molar-refractivity contribution >= 4 is 23.9 Å². The van der Waals surface area contributed by atoms with E-state index in [1.165, 1.54) is 29.2 Å². The topological polar surface area (TPSA) is 74.7 Å². The van der Waals surface area contributed by atoms with Crippen LogP contribution in [0.2, 0.25) is 0 Å². The molecule has 6 heteroatoms. The molecule has 1 heterocycles. The SMILES string of the molecule is O=C(O)C=Cc1cc(F)ccc1CN1C(=O)C2CC2C1=O. The normalized spacial score (nSPS) is 23.8. The van der Waals surface area contributed by atoms with Crippen LogP contribution in [0.1, 0.15) is 17.5 Å². The zero-order chi connectivity index (χ0) is 15.1. The van der Waals surface area contributed by atoms with Crippen molar-refractivity contribution in [3.8, 4) is 0 Å². The number of hydrogen-bond acceptors (Lipinski definition) is 3. The van der Waals surface area contributed by atoms with Crippen molar-refractivity contribution in [3.05, 3.63) is 41.2 Å². The summed E-state index contributed by atoms with van der Waals surface area (Å²) in [5, 5.41) is 8.64. The molecule has 0 aromatic heterocycles. The zero-order valence-electron chi connectivity index (χ0n) is 11.0. The van der Waals surface area contributed by atoms with Crippen LogP contribution in [0.25, 0.3) is 6.08 Å². The Kier molecular flexibility index (Phi) is 3.08. The van der Waals surface area contributed by atoms with Gasteiger partial charge in [0.05, 0.1) is 18.4 Å². The Balaban J connectivity index is 1.86. The summed E-state index contributed by atoms with van der Waals surface area (Å²) in [5.74, 6) is -2.41. The van der Waals surface area contributed by atoms with Gasteiger partial charge in [-0.25, -0.2) is 9.18 Å². The number of likely N-dealkylation sites (tertiary alicyclic amines) is 1. The summed E-state index contributed by atoms with van der Waals surface area (Å²) < 4.78 is 13.3. The van der Waals surface area contributed by atoms with Crippen molar-refractivity contribution in [2.75, 3.05) is 0 Å². The third-order valence-electron chi connectivity index (χ3n) is 3.80. The second-order valence-electron chi connectivity index (χ2n) is 5.23. The van der Waals surface area contributed by atoms with Gasteiger partial charge < -0.3 is 5.11 Å². The summed E-state index contributed by atoms with van der Waals surface area (Å²) in [6, 6.07) is 3.86. The molecule has 21 heavy (non-hydrogen) atoms. The second kappa shape index (κ2) is 4.80. The molecule has 1 aliphatic carbocycles. The summed E-state index contributed by atoms with van der Waals surface area (Å²) in [6.07, 6.45) is 2.78. The molecule has 0 spiro atoms. The number of hydrogen-bond donors (Lipinski definition) is 1. The van der Waals surface area contributed by atoms with Crippen LogP contribution in [0.4, 0.5) is 4.39 Å². The number of nitrogens with zero attached hydrogens (tertiary/aromatic N) is 1. The van der Waals surface area contributed by atoms with E-state index in [0.29, 0.717) is 17.5 Å². The number of carboxylic acids is 1. The minimum Gasteiger partial charge on any atom is -0.478 e. The Morgan fingerprint density at radius 3 is 2.62 bits per heavy atom. The van der Waals surface area contributed by atoms with Crippen molar-refractivity contribution in [1.29, 1.82) is 0 Å². The lowest BCUT2D eigenvalue weighted by Gasteiger charge is -2.17. The Labute approximate surface area is 119 Å². The molecule has 2 aliphatic rings. The van der Waals surface area contributed by atoms with E-state index in [2.05, 4.69) is 0 Å². The van der Waals surface area contributed by atoms with Crippen LogP contribution < -0.4 is 0 Å². The summed E-state index contributed by atoms with van der Waals surface area (Å²) in [7, 11) is 0. The van der Waals surface area contributed by atoms with Gasteiger partial charge in [-0.1, -0.05) is 6.07 Å². The molecule has 0 bridgehead atoms. The van der Waals surface area contributed by atoms with Crippen LogP contribution in [0, 0.1) is 17.7 Å². The van der Waals surface area contributed by atoms with Crippen LogP contribution >= 0.6 is 0 Å². The van der Waals surface area contributed by atoms with Crippen molar-refractivity contribution < 1.29 is 23.9 Å². The van der Waals surface area contributed by atoms with Gasteiger partial charge in [-0.2, -0.15) is 0 Å². The van der Waals surface area contributed by atoms with Gasteiger partial charge in [-0.3, -0.25) is 14.5 Å². The highest BCUT2D eigenvalue weighted by atomic mass is 19.1. The molecule has 0 radical (unpaired) electrons. The molecule has 3 rings (SSSR count). The first-order valence-electron chi connectivity index (χ1n) is 6.52. The molecule has 108 valence electrons. The number of aliphatic carboxylic acids is 1. The first kappa shape index (κ1) is 13.5. The van der Waals surface area contributed by atoms with E-state index in [-0.39, 0.29) is 30.2 Å². The summed E-state index contributed by atoms with van der Waals surface area (Å²) >= 11 is 0. The van der Waals surface area contributed by atoms with E-state index >= 15 is 0 Å². The molecule has 1 aromatic carbocycles. The van der Waals surface area contributed by atoms with Crippen LogP contribution in [-0.4, -0.2) is 27.8 Å². The number of carbonyl (C=O) groups excluding carboxylic acids is 2. The maximum atomic E-state index is 13.3. The minimum atomic E-state index is -1.15. The number of fused-ring (bicyclic) bond motifs is 1. The van der Waals surface area contributed by atoms with Crippen molar-refractivity contribution in [1.82, 2.24) is 4.90 Å². The highest BCUT2D eigenvalue weighted by Crippen LogP contribution is 2.47. The summed E-state index contributed by atoms with van der Waals surface area (Å²) in [4.78, 5) is 35.6. The number of rotatable bonds is 4. The number of halogens is 1. The van der Waals surface area contributed by atoms with Crippen molar-refractivity contribution in [2.45, 2.75) is 13.0 Å². The average molecular weight is 289 g/mol. The standard InChI is InChI=1S/C15H12FNO4/c16-10-3-1-9(8(5-10)2-4-13(18)19)7-17-14(20)11-6-12(11)15(17)21/h1-5,11-12H,6-7H2,(H,18,19). The largest absolute Gasteiger partial charge is 0.478 e. The van der Waals surface area contributed by atoms with E-state index in [0.717, 1.165) is 6.08 Å². The van der Waals surface area contributed by atoms with E-state index in [1.807, 2.05) is 0 Å². The molecular weight excluding hydrogens is 277 g/mol. The molecule has 1 aromatic rings. The van der Waals surface area contributed by atoms with Crippen molar-refractivity contribution in [2.24, 2.45) is 11.8 Å². The molecule has 2 unspecified atom stereocenters. The fraction of sp³-hybridized carbons (Fsp3) is 0.267. The van der Waals surface area contributed by atoms with Gasteiger partial charge in [0.1, 0.15) is 5.82 Å². The lowest BCUT2D eigenvalue weighted by atomic mass is 10.1. The lowest BCUT2D eigenvalue weighted by Crippen LogP contribution is -2.32. The molecule has 1 saturated carbocycles. The molecule has 1 N–H and O–H groups in total. The van der Waals surface area contributed by atoms with E-state index in [9.17, 15) is 18.8 Å². The average Bonchev–Trinajstić information content (AvgIpc) is 3.18. The summed E-state index contributed by atoms with van der Waals surface area (Å²) in [5.41, 5.74) is 0.885. The molecule has 2 amide bonds. The monoisotopic (exact) mass is 289 g/mol. The first-order chi connectivity index (χ1) is 9.97. The third-order valence-corrected chi connectivity index (χ3v) is 3.80. The Bertz CT molecular complexity index is 662. The minimum absolute atomic E-state index is 0.0459. The highest BCUT2D eigenvalue weighted by Gasteiger charge is 2.58. The predicted octanol–water partition coefficient (Wildman–Crippen LogP) is 1.43. The van der Waals surface area contributed by atoms with Crippen LogP contribution in [-0.2, 0) is 20.9 Å². The van der Waals surface area contributed by atoms with Gasteiger partial charge in [0, 0.05) is 6.08 Å². The van der Waals surface area contributed by atoms with Gasteiger partial charge in [0.2, 0.25) is 11.8 Å². The van der Waals surface area contributed by atoms with E-state index < -0.39 is 11.8 Å². The number of piperidine rings is 1. The third kappa shape index (κ3) is 2.44. The molecule has 2 atom stereocenters.